The molecule has 0 unspecified atom stereocenters. The Morgan fingerprint density at radius 1 is 0.974 bits per heavy atom. The van der Waals surface area contributed by atoms with Crippen molar-refractivity contribution in [3.63, 3.8) is 0 Å². The molecule has 202 valence electrons. The highest BCUT2D eigenvalue weighted by molar-refractivity contribution is 6.35. The normalized spacial score (nSPS) is 11.5. The van der Waals surface area contributed by atoms with Gasteiger partial charge in [0.1, 0.15) is 17.5 Å². The van der Waals surface area contributed by atoms with E-state index in [1.165, 1.54) is 0 Å². The van der Waals surface area contributed by atoms with E-state index in [9.17, 15) is 9.59 Å². The monoisotopic (exact) mass is 556 g/mol. The minimum absolute atomic E-state index is 0.151. The fraction of sp³-hybridized carbons (Fsp3) is 0.333. The van der Waals surface area contributed by atoms with Crippen molar-refractivity contribution in [2.45, 2.75) is 45.2 Å². The average Bonchev–Trinajstić information content (AvgIpc) is 2.93. The molecule has 0 radical (unpaired) electrons. The molecule has 8 heteroatoms. The van der Waals surface area contributed by atoms with E-state index < -0.39 is 6.04 Å². The Kier molecular flexibility index (Phi) is 11.8. The van der Waals surface area contributed by atoms with Crippen molar-refractivity contribution in [3.8, 4) is 11.5 Å². The van der Waals surface area contributed by atoms with Crippen molar-refractivity contribution in [3.05, 3.63) is 94.0 Å². The van der Waals surface area contributed by atoms with Crippen LogP contribution in [0.25, 0.3) is 0 Å². The van der Waals surface area contributed by atoms with Crippen molar-refractivity contribution in [2.75, 3.05) is 20.3 Å². The molecule has 0 bridgehead atoms. The van der Waals surface area contributed by atoms with E-state index in [0.717, 1.165) is 23.3 Å². The number of nitrogens with zero attached hydrogens (tertiary/aromatic N) is 1. The molecule has 0 saturated heterocycles. The standard InChI is InChI=1S/C30H34Cl2N2O4/c1-3-17-33-30(36)28(19-22-8-5-4-6-9-22)34(21-23-11-12-24(31)20-27(23)32)29(35)10-7-18-38-26-15-13-25(37-2)14-16-26/h4-6,8-9,11-16,20,28H,3,7,10,17-19,21H2,1-2H3,(H,33,36)/t28-/m0/s1. The van der Waals surface area contributed by atoms with Gasteiger partial charge in [0.2, 0.25) is 11.8 Å². The van der Waals surface area contributed by atoms with E-state index in [2.05, 4.69) is 5.32 Å². The number of hydrogen-bond acceptors (Lipinski definition) is 4. The van der Waals surface area contributed by atoms with Crippen LogP contribution in [0.5, 0.6) is 11.5 Å². The highest BCUT2D eigenvalue weighted by Gasteiger charge is 2.30. The zero-order valence-electron chi connectivity index (χ0n) is 21.8. The summed E-state index contributed by atoms with van der Waals surface area (Å²) in [6.07, 6.45) is 1.89. The van der Waals surface area contributed by atoms with E-state index in [1.807, 2.05) is 61.5 Å². The molecule has 1 atom stereocenters. The summed E-state index contributed by atoms with van der Waals surface area (Å²) in [5.74, 6) is 1.10. The first kappa shape index (κ1) is 29.3. The van der Waals surface area contributed by atoms with Crippen molar-refractivity contribution in [1.29, 1.82) is 0 Å². The van der Waals surface area contributed by atoms with Crippen LogP contribution in [0.2, 0.25) is 10.0 Å². The maximum absolute atomic E-state index is 13.6. The second-order valence-electron chi connectivity index (χ2n) is 8.88. The Morgan fingerprint density at radius 2 is 1.68 bits per heavy atom. The van der Waals surface area contributed by atoms with Gasteiger partial charge in [0.15, 0.2) is 0 Å². The van der Waals surface area contributed by atoms with Crippen LogP contribution in [-0.4, -0.2) is 43.0 Å². The lowest BCUT2D eigenvalue weighted by Gasteiger charge is -2.32. The summed E-state index contributed by atoms with van der Waals surface area (Å²) in [4.78, 5) is 28.6. The van der Waals surface area contributed by atoms with Gasteiger partial charge in [-0.3, -0.25) is 9.59 Å². The smallest absolute Gasteiger partial charge is 0.243 e. The first-order valence-corrected chi connectivity index (χ1v) is 13.5. The number of nitrogens with one attached hydrogen (secondary N) is 1. The molecule has 3 aromatic rings. The third kappa shape index (κ3) is 8.96. The highest BCUT2D eigenvalue weighted by Crippen LogP contribution is 2.25. The lowest BCUT2D eigenvalue weighted by Crippen LogP contribution is -2.50. The largest absolute Gasteiger partial charge is 0.497 e. The van der Waals surface area contributed by atoms with Gasteiger partial charge in [-0.25, -0.2) is 0 Å². The molecule has 0 aliphatic rings. The third-order valence-electron chi connectivity index (χ3n) is 6.04. The van der Waals surface area contributed by atoms with Gasteiger partial charge < -0.3 is 19.7 Å². The number of hydrogen-bond donors (Lipinski definition) is 1. The predicted octanol–water partition coefficient (Wildman–Crippen LogP) is 6.33. The maximum Gasteiger partial charge on any atom is 0.243 e. The molecule has 6 nitrogen and oxygen atoms in total. The predicted molar refractivity (Wildman–Crippen MR) is 152 cm³/mol. The van der Waals surface area contributed by atoms with Gasteiger partial charge in [-0.2, -0.15) is 0 Å². The Morgan fingerprint density at radius 3 is 2.34 bits per heavy atom. The molecule has 2 amide bonds. The number of halogens is 2. The van der Waals surface area contributed by atoms with E-state index in [0.29, 0.717) is 41.8 Å². The van der Waals surface area contributed by atoms with Gasteiger partial charge in [0.05, 0.1) is 13.7 Å². The fourth-order valence-corrected chi connectivity index (χ4v) is 4.45. The minimum Gasteiger partial charge on any atom is -0.497 e. The molecule has 3 rings (SSSR count). The topological polar surface area (TPSA) is 67.9 Å². The number of benzene rings is 3. The maximum atomic E-state index is 13.6. The second-order valence-corrected chi connectivity index (χ2v) is 9.73. The Labute approximate surface area is 234 Å². The van der Waals surface area contributed by atoms with Crippen LogP contribution in [0, 0.1) is 0 Å². The number of rotatable bonds is 14. The summed E-state index contributed by atoms with van der Waals surface area (Å²) >= 11 is 12.6. The summed E-state index contributed by atoms with van der Waals surface area (Å²) in [6, 6.07) is 21.5. The first-order valence-electron chi connectivity index (χ1n) is 12.7. The summed E-state index contributed by atoms with van der Waals surface area (Å²) in [6.45, 7) is 3.07. The van der Waals surface area contributed by atoms with Gasteiger partial charge in [0.25, 0.3) is 0 Å². The zero-order chi connectivity index (χ0) is 27.3. The average molecular weight is 558 g/mol. The van der Waals surface area contributed by atoms with E-state index in [4.69, 9.17) is 32.7 Å². The summed E-state index contributed by atoms with van der Waals surface area (Å²) < 4.78 is 11.0. The van der Waals surface area contributed by atoms with Gasteiger partial charge in [-0.15, -0.1) is 0 Å². The Balaban J connectivity index is 1.78. The first-order chi connectivity index (χ1) is 18.4. The van der Waals surface area contributed by atoms with Crippen LogP contribution in [0.4, 0.5) is 0 Å². The number of carbonyl (C=O) groups excluding carboxylic acids is 2. The highest BCUT2D eigenvalue weighted by atomic mass is 35.5. The van der Waals surface area contributed by atoms with E-state index >= 15 is 0 Å². The summed E-state index contributed by atoms with van der Waals surface area (Å²) in [5, 5.41) is 3.93. The van der Waals surface area contributed by atoms with E-state index in [1.54, 1.807) is 30.2 Å². The quantitative estimate of drug-likeness (QED) is 0.236. The molecule has 0 saturated carbocycles. The lowest BCUT2D eigenvalue weighted by molar-refractivity contribution is -0.141. The number of carbonyl (C=O) groups is 2. The second kappa shape index (κ2) is 15.3. The van der Waals surface area contributed by atoms with Crippen LogP contribution in [0.1, 0.15) is 37.3 Å². The van der Waals surface area contributed by atoms with Gasteiger partial charge >= 0.3 is 0 Å². The van der Waals surface area contributed by atoms with Crippen LogP contribution in [-0.2, 0) is 22.6 Å². The lowest BCUT2D eigenvalue weighted by atomic mass is 10.0. The zero-order valence-corrected chi connectivity index (χ0v) is 23.3. The molecule has 0 spiro atoms. The molecule has 0 aromatic heterocycles. The van der Waals surface area contributed by atoms with Crippen molar-refractivity contribution < 1.29 is 19.1 Å². The SMILES string of the molecule is CCCNC(=O)[C@H](Cc1ccccc1)N(Cc1ccc(Cl)cc1Cl)C(=O)CCCOc1ccc(OC)cc1. The third-order valence-corrected chi connectivity index (χ3v) is 6.63. The molecular formula is C30H34Cl2N2O4. The van der Waals surface area contributed by atoms with Crippen LogP contribution >= 0.6 is 23.2 Å². The van der Waals surface area contributed by atoms with Crippen molar-refractivity contribution in [1.82, 2.24) is 10.2 Å². The number of ether oxygens (including phenoxy) is 2. The number of methoxy groups -OCH3 is 1. The summed E-state index contributed by atoms with van der Waals surface area (Å²) in [7, 11) is 1.61. The Hall–Kier alpha value is -3.22. The molecule has 1 N–H and O–H groups in total. The molecule has 3 aromatic carbocycles. The summed E-state index contributed by atoms with van der Waals surface area (Å²) in [5.41, 5.74) is 1.69. The van der Waals surface area contributed by atoms with Crippen LogP contribution in [0.15, 0.2) is 72.8 Å². The van der Waals surface area contributed by atoms with Gasteiger partial charge in [-0.1, -0.05) is 66.5 Å². The Bertz CT molecular complexity index is 1170. The minimum atomic E-state index is -0.703. The van der Waals surface area contributed by atoms with E-state index in [-0.39, 0.29) is 24.8 Å². The molecule has 0 aliphatic heterocycles. The molecule has 0 heterocycles. The fourth-order valence-electron chi connectivity index (χ4n) is 3.98. The van der Waals surface area contributed by atoms with Crippen molar-refractivity contribution in [2.24, 2.45) is 0 Å². The van der Waals surface area contributed by atoms with Crippen LogP contribution in [0.3, 0.4) is 0 Å². The van der Waals surface area contributed by atoms with Gasteiger partial charge in [0, 0.05) is 36.0 Å². The molecular weight excluding hydrogens is 523 g/mol. The van der Waals surface area contributed by atoms with Crippen molar-refractivity contribution >= 4 is 35.0 Å². The van der Waals surface area contributed by atoms with Crippen LogP contribution < -0.4 is 14.8 Å². The molecule has 38 heavy (non-hydrogen) atoms. The molecule has 0 fully saturated rings. The molecule has 0 aliphatic carbocycles. The van der Waals surface area contributed by atoms with Gasteiger partial charge in [-0.05, 0) is 60.4 Å². The number of amides is 2.